The molecule has 3 aliphatic heterocycles. The Bertz CT molecular complexity index is 1110. The van der Waals surface area contributed by atoms with Crippen molar-refractivity contribution in [3.8, 4) is 0 Å². The number of ether oxygens (including phenoxy) is 7. The molecule has 14 atom stereocenters. The largest absolute Gasteiger partial charge is 0.394 e. The van der Waals surface area contributed by atoms with Crippen molar-refractivity contribution < 1.29 is 63.5 Å². The summed E-state index contributed by atoms with van der Waals surface area (Å²) in [5.74, 6) is -0.471. The number of nitrogens with zero attached hydrogens (tertiary/aromatic N) is 1. The molecule has 4 rings (SSSR count). The van der Waals surface area contributed by atoms with Gasteiger partial charge in [0, 0.05) is 27.4 Å². The van der Waals surface area contributed by atoms with Gasteiger partial charge in [0.25, 0.3) is 0 Å². The summed E-state index contributed by atoms with van der Waals surface area (Å²) >= 11 is 0. The number of aliphatic hydroxyl groups is 5. The van der Waals surface area contributed by atoms with Crippen molar-refractivity contribution in [1.29, 1.82) is 0 Å². The van der Waals surface area contributed by atoms with Gasteiger partial charge in [-0.15, -0.1) is 0 Å². The third-order valence-electron chi connectivity index (χ3n) is 8.15. The van der Waals surface area contributed by atoms with Gasteiger partial charge in [0.2, 0.25) is 5.91 Å². The molecular weight excluding hydrogens is 598 g/mol. The van der Waals surface area contributed by atoms with Crippen LogP contribution in [0.1, 0.15) is 18.1 Å². The summed E-state index contributed by atoms with van der Waals surface area (Å²) in [6, 6.07) is 4.04. The molecule has 1 amide bonds. The first-order valence-electron chi connectivity index (χ1n) is 14.7. The molecule has 0 saturated carbocycles. The quantitative estimate of drug-likeness (QED) is 0.119. The van der Waals surface area contributed by atoms with E-state index < -0.39 is 105 Å². The summed E-state index contributed by atoms with van der Waals surface area (Å²) in [6.45, 7) is 1.91. The molecular formula is C29H45N3O13. The minimum atomic E-state index is -1.50. The Morgan fingerprint density at radius 1 is 0.956 bits per heavy atom. The van der Waals surface area contributed by atoms with Gasteiger partial charge in [-0.05, 0) is 12.5 Å². The minimum absolute atomic E-state index is 0.0374. The normalized spacial score (nSPS) is 40.8. The molecule has 0 bridgehead atoms. The van der Waals surface area contributed by atoms with E-state index in [-0.39, 0.29) is 6.61 Å². The fourth-order valence-electron chi connectivity index (χ4n) is 5.60. The predicted octanol–water partition coefficient (Wildman–Crippen LogP) is -3.08. The number of hydrogen-bond acceptors (Lipinski definition) is 15. The van der Waals surface area contributed by atoms with Gasteiger partial charge in [-0.3, -0.25) is 9.79 Å². The number of aryl methyl sites for hydroxylation is 1. The van der Waals surface area contributed by atoms with Gasteiger partial charge in [0.05, 0.1) is 25.9 Å². The van der Waals surface area contributed by atoms with Crippen LogP contribution in [0.4, 0.5) is 0 Å². The summed E-state index contributed by atoms with van der Waals surface area (Å²) in [5.41, 5.74) is 7.89. The standard InChI is InChI=1S/C29H45N3O13/c1-13-5-7-15(8-6-13)9-31-20-23(37)25(44-27-19(30)22(36)18(39-3)12-41-27)17(11-34)43-29(20)45-26-16(10-33)42-28(40-4)21(24(26)38)32-14(2)35/h5-9,16-29,33-34,36-38H,10-12,30H2,1-4H3,(H,32,35). The van der Waals surface area contributed by atoms with Gasteiger partial charge < -0.3 is 69.7 Å². The molecule has 3 aliphatic rings. The molecule has 1 aromatic rings. The Morgan fingerprint density at radius 2 is 1.56 bits per heavy atom. The van der Waals surface area contributed by atoms with Crippen LogP contribution in [0.5, 0.6) is 0 Å². The molecule has 3 heterocycles. The smallest absolute Gasteiger partial charge is 0.217 e. The molecule has 3 saturated heterocycles. The monoisotopic (exact) mass is 643 g/mol. The zero-order chi connectivity index (χ0) is 32.8. The van der Waals surface area contributed by atoms with Gasteiger partial charge in [-0.1, -0.05) is 29.8 Å². The molecule has 0 aromatic heterocycles. The lowest BCUT2D eigenvalue weighted by Crippen LogP contribution is -2.68. The fraction of sp³-hybridized carbons (Fsp3) is 0.724. The average Bonchev–Trinajstić information content (AvgIpc) is 3.02. The highest BCUT2D eigenvalue weighted by atomic mass is 16.7. The van der Waals surface area contributed by atoms with Gasteiger partial charge >= 0.3 is 0 Å². The number of hydrogen-bond donors (Lipinski definition) is 7. The van der Waals surface area contributed by atoms with Crippen molar-refractivity contribution in [2.45, 2.75) is 99.7 Å². The molecule has 1 aromatic carbocycles. The van der Waals surface area contributed by atoms with Crippen LogP contribution in [0.15, 0.2) is 29.3 Å². The van der Waals surface area contributed by atoms with E-state index in [9.17, 15) is 30.3 Å². The maximum absolute atomic E-state index is 11.9. The second kappa shape index (κ2) is 16.1. The molecule has 0 radical (unpaired) electrons. The number of nitrogens with two attached hydrogens (primary N) is 1. The molecule has 14 unspecified atom stereocenters. The number of nitrogens with one attached hydrogen (secondary N) is 1. The first kappa shape index (κ1) is 35.7. The summed E-state index contributed by atoms with van der Waals surface area (Å²) < 4.78 is 40.1. The van der Waals surface area contributed by atoms with E-state index in [4.69, 9.17) is 38.9 Å². The molecule has 8 N–H and O–H groups in total. The molecule has 45 heavy (non-hydrogen) atoms. The van der Waals surface area contributed by atoms with E-state index in [0.717, 1.165) is 5.56 Å². The number of methoxy groups -OCH3 is 2. The Hall–Kier alpha value is -2.16. The topological polar surface area (TPSA) is 233 Å². The number of benzene rings is 1. The van der Waals surface area contributed by atoms with Crippen molar-refractivity contribution >= 4 is 12.1 Å². The van der Waals surface area contributed by atoms with Gasteiger partial charge in [-0.2, -0.15) is 0 Å². The van der Waals surface area contributed by atoms with E-state index in [1.54, 1.807) is 0 Å². The highest BCUT2D eigenvalue weighted by Crippen LogP contribution is 2.33. The van der Waals surface area contributed by atoms with Crippen molar-refractivity contribution in [3.05, 3.63) is 35.4 Å². The maximum atomic E-state index is 11.9. The van der Waals surface area contributed by atoms with Crippen molar-refractivity contribution in [2.24, 2.45) is 10.7 Å². The Balaban J connectivity index is 1.63. The lowest BCUT2D eigenvalue weighted by molar-refractivity contribution is -0.344. The number of aliphatic imine (C=N–C) groups is 1. The average molecular weight is 644 g/mol. The third kappa shape index (κ3) is 8.23. The van der Waals surface area contributed by atoms with E-state index in [1.165, 1.54) is 27.4 Å². The minimum Gasteiger partial charge on any atom is -0.394 e. The first-order chi connectivity index (χ1) is 21.5. The highest BCUT2D eigenvalue weighted by molar-refractivity contribution is 5.79. The number of rotatable bonds is 11. The van der Waals surface area contributed by atoms with Crippen LogP contribution in [0, 0.1) is 6.92 Å². The van der Waals surface area contributed by atoms with E-state index in [1.807, 2.05) is 31.2 Å². The van der Waals surface area contributed by atoms with E-state index in [2.05, 4.69) is 10.3 Å². The van der Waals surface area contributed by atoms with Gasteiger partial charge in [0.15, 0.2) is 18.9 Å². The van der Waals surface area contributed by atoms with Crippen molar-refractivity contribution in [3.63, 3.8) is 0 Å². The number of carbonyl (C=O) groups excluding carboxylic acids is 1. The Kier molecular flexibility index (Phi) is 12.8. The highest BCUT2D eigenvalue weighted by Gasteiger charge is 2.53. The molecule has 0 spiro atoms. The van der Waals surface area contributed by atoms with E-state index in [0.29, 0.717) is 5.56 Å². The molecule has 254 valence electrons. The second-order valence-electron chi connectivity index (χ2n) is 11.3. The molecule has 16 nitrogen and oxygen atoms in total. The number of carbonyl (C=O) groups is 1. The van der Waals surface area contributed by atoms with Crippen LogP contribution in [-0.2, 0) is 38.0 Å². The fourth-order valence-corrected chi connectivity index (χ4v) is 5.60. The summed E-state index contributed by atoms with van der Waals surface area (Å²) in [6.07, 6.45) is -11.9. The Morgan fingerprint density at radius 3 is 2.13 bits per heavy atom. The third-order valence-corrected chi connectivity index (χ3v) is 8.15. The summed E-state index contributed by atoms with van der Waals surface area (Å²) in [5, 5.41) is 56.4. The van der Waals surface area contributed by atoms with Gasteiger partial charge in [0.1, 0.15) is 60.9 Å². The SMILES string of the molecule is COC1COC(OC2C(CO)OC(OC3C(CO)OC(OC)C(NC(C)=O)C3O)C(N=Cc3ccc(C)cc3)C2O)C(N)C1O. The maximum Gasteiger partial charge on any atom is 0.217 e. The first-order valence-corrected chi connectivity index (χ1v) is 14.7. The second-order valence-corrected chi connectivity index (χ2v) is 11.3. The lowest BCUT2D eigenvalue weighted by Gasteiger charge is -2.48. The van der Waals surface area contributed by atoms with Crippen molar-refractivity contribution in [1.82, 2.24) is 5.32 Å². The van der Waals surface area contributed by atoms with E-state index >= 15 is 0 Å². The van der Waals surface area contributed by atoms with Crippen LogP contribution >= 0.6 is 0 Å². The zero-order valence-electron chi connectivity index (χ0n) is 25.6. The number of aliphatic hydroxyl groups excluding tert-OH is 5. The van der Waals surface area contributed by atoms with Crippen molar-refractivity contribution in [2.75, 3.05) is 34.0 Å². The molecule has 16 heteroatoms. The summed E-state index contributed by atoms with van der Waals surface area (Å²) in [4.78, 5) is 16.4. The predicted molar refractivity (Wildman–Crippen MR) is 155 cm³/mol. The van der Waals surface area contributed by atoms with Crippen LogP contribution in [0.3, 0.4) is 0 Å². The van der Waals surface area contributed by atoms with Crippen LogP contribution in [-0.4, -0.2) is 158 Å². The molecule has 0 aliphatic carbocycles. The van der Waals surface area contributed by atoms with Crippen LogP contribution in [0.25, 0.3) is 0 Å². The summed E-state index contributed by atoms with van der Waals surface area (Å²) in [7, 11) is 2.73. The van der Waals surface area contributed by atoms with Crippen LogP contribution < -0.4 is 11.1 Å². The van der Waals surface area contributed by atoms with Gasteiger partial charge in [-0.25, -0.2) is 0 Å². The van der Waals surface area contributed by atoms with Crippen LogP contribution in [0.2, 0.25) is 0 Å². The lowest BCUT2D eigenvalue weighted by atomic mass is 9.94. The Labute approximate surface area is 261 Å². The number of amides is 1. The molecule has 3 fully saturated rings. The zero-order valence-corrected chi connectivity index (χ0v) is 25.6.